The number of alkyl halides is 6. The second-order valence-corrected chi connectivity index (χ2v) is 10.4. The molecule has 1 aromatic heterocycles. The van der Waals surface area contributed by atoms with Gasteiger partial charge in [0.05, 0.1) is 28.2 Å². The zero-order chi connectivity index (χ0) is 34.3. The van der Waals surface area contributed by atoms with Crippen LogP contribution in [-0.4, -0.2) is 52.6 Å². The molecule has 0 aliphatic carbocycles. The average Bonchev–Trinajstić information content (AvgIpc) is 3.42. The average molecular weight is 670 g/mol. The van der Waals surface area contributed by atoms with Gasteiger partial charge in [-0.3, -0.25) is 14.2 Å². The van der Waals surface area contributed by atoms with Crippen LogP contribution in [0.5, 0.6) is 0 Å². The number of hydrogen-bond donors (Lipinski definition) is 4. The molecular formula is C26H13B2ClF8N4O5. The van der Waals surface area contributed by atoms with Gasteiger partial charge in [-0.2, -0.15) is 22.0 Å². The zero-order valence-electron chi connectivity index (χ0n) is 22.3. The molecule has 0 fully saturated rings. The van der Waals surface area contributed by atoms with Crippen LogP contribution in [0, 0.1) is 11.6 Å². The van der Waals surface area contributed by atoms with Gasteiger partial charge in [-0.1, -0.05) is 11.6 Å². The van der Waals surface area contributed by atoms with E-state index in [0.717, 1.165) is 18.2 Å². The number of amides is 2. The van der Waals surface area contributed by atoms with Crippen LogP contribution < -0.4 is 16.3 Å². The number of fused-ring (bicyclic) bond motifs is 3. The third-order valence-corrected chi connectivity index (χ3v) is 7.39. The number of nitrogens with zero attached hydrogens (tertiary/aromatic N) is 2. The first-order valence-corrected chi connectivity index (χ1v) is 12.8. The van der Waals surface area contributed by atoms with Gasteiger partial charge in [0.15, 0.2) is 21.4 Å². The van der Waals surface area contributed by atoms with E-state index in [1.807, 2.05) is 0 Å². The summed E-state index contributed by atoms with van der Waals surface area (Å²) in [5.41, 5.74) is -13.1. The molecule has 0 spiro atoms. The summed E-state index contributed by atoms with van der Waals surface area (Å²) in [5, 5.41) is 24.3. The number of hydrogen-bond acceptors (Lipinski definition) is 5. The summed E-state index contributed by atoms with van der Waals surface area (Å²) in [5.74, 6) is -9.62. The second kappa shape index (κ2) is 10.9. The Bertz CT molecular complexity index is 2010. The van der Waals surface area contributed by atoms with E-state index in [9.17, 15) is 59.7 Å². The largest absolute Gasteiger partial charge is 0.416 e. The highest BCUT2D eigenvalue weighted by Crippen LogP contribution is 2.44. The number of nitrogens with one attached hydrogen (secondary N) is 2. The molecule has 1 aliphatic rings. The molecule has 3 unspecified atom stereocenters. The highest BCUT2D eigenvalue weighted by atomic mass is 35.5. The maximum Gasteiger partial charge on any atom is 0.416 e. The molecule has 46 heavy (non-hydrogen) atoms. The van der Waals surface area contributed by atoms with Crippen molar-refractivity contribution in [2.75, 3.05) is 5.32 Å². The number of carbonyl (C=O) groups is 2. The summed E-state index contributed by atoms with van der Waals surface area (Å²) in [6.45, 7) is -3.85. The number of rotatable bonds is 6. The van der Waals surface area contributed by atoms with Crippen molar-refractivity contribution in [2.24, 2.45) is 0 Å². The van der Waals surface area contributed by atoms with Gasteiger partial charge in [0.2, 0.25) is 0 Å². The smallest absolute Gasteiger partial charge is 0.375 e. The van der Waals surface area contributed by atoms with Crippen molar-refractivity contribution >= 4 is 55.8 Å². The van der Waals surface area contributed by atoms with Gasteiger partial charge < -0.3 is 20.8 Å². The number of aromatic nitrogens is 2. The van der Waals surface area contributed by atoms with Crippen molar-refractivity contribution in [3.63, 3.8) is 0 Å². The molecule has 2 amide bonds. The summed E-state index contributed by atoms with van der Waals surface area (Å²) < 4.78 is 111. The quantitative estimate of drug-likeness (QED) is 0.184. The molecule has 4 radical (unpaired) electrons. The summed E-state index contributed by atoms with van der Waals surface area (Å²) in [4.78, 5) is 39.7. The van der Waals surface area contributed by atoms with Crippen molar-refractivity contribution in [1.82, 2.24) is 14.5 Å². The third-order valence-electron chi connectivity index (χ3n) is 7.05. The first-order chi connectivity index (χ1) is 21.1. The number of aliphatic hydroxyl groups is 2. The Morgan fingerprint density at radius 2 is 1.65 bits per heavy atom. The fraction of sp³-hybridized carbons (Fsp3) is 0.192. The minimum absolute atomic E-state index is 0.0872. The minimum atomic E-state index is -5.11. The van der Waals surface area contributed by atoms with E-state index in [1.54, 1.807) is 0 Å². The van der Waals surface area contributed by atoms with E-state index in [1.165, 1.54) is 0 Å². The Morgan fingerprint density at radius 3 is 2.24 bits per heavy atom. The normalized spacial score (nSPS) is 17.5. The topological polar surface area (TPSA) is 126 Å². The van der Waals surface area contributed by atoms with Crippen molar-refractivity contribution in [3.8, 4) is 0 Å². The van der Waals surface area contributed by atoms with E-state index >= 15 is 0 Å². The van der Waals surface area contributed by atoms with E-state index in [0.29, 0.717) is 12.1 Å². The van der Waals surface area contributed by atoms with E-state index in [2.05, 4.69) is 10.6 Å². The molecular weight excluding hydrogens is 657 g/mol. The molecule has 3 aromatic carbocycles. The van der Waals surface area contributed by atoms with Crippen LogP contribution >= 0.6 is 11.6 Å². The zero-order valence-corrected chi connectivity index (χ0v) is 23.0. The molecule has 2 heterocycles. The van der Waals surface area contributed by atoms with Crippen LogP contribution in [-0.2, 0) is 11.8 Å². The van der Waals surface area contributed by atoms with Crippen molar-refractivity contribution in [1.29, 1.82) is 0 Å². The molecule has 4 aromatic rings. The number of anilines is 1. The van der Waals surface area contributed by atoms with Crippen LogP contribution in [0.3, 0.4) is 0 Å². The highest BCUT2D eigenvalue weighted by molar-refractivity contribution is 6.31. The Labute approximate surface area is 258 Å². The number of halogens is 9. The van der Waals surface area contributed by atoms with E-state index in [-0.39, 0.29) is 27.3 Å². The summed E-state index contributed by atoms with van der Waals surface area (Å²) in [7, 11) is 10.2. The van der Waals surface area contributed by atoms with Crippen LogP contribution in [0.4, 0.5) is 40.8 Å². The van der Waals surface area contributed by atoms with Crippen LogP contribution in [0.15, 0.2) is 47.3 Å². The van der Waals surface area contributed by atoms with Gasteiger partial charge in [-0.05, 0) is 42.5 Å². The van der Waals surface area contributed by atoms with Gasteiger partial charge >= 0.3 is 18.4 Å². The van der Waals surface area contributed by atoms with Gasteiger partial charge in [0.25, 0.3) is 11.8 Å². The fourth-order valence-corrected chi connectivity index (χ4v) is 5.24. The molecule has 20 heteroatoms. The molecule has 0 saturated carbocycles. The SMILES string of the molecule is [B]C(O)(F)C([B])(O)n1c(=O)n(C(F)F)c2c3c(c(NC(=O)c4cc(F)cc(C(F)(F)F)c4)cc21)C(c1cc(F)ccc1Cl)NC3=O. The molecule has 5 rings (SSSR count). The van der Waals surface area contributed by atoms with Crippen molar-refractivity contribution in [2.45, 2.75) is 30.1 Å². The Kier molecular flexibility index (Phi) is 7.81. The van der Waals surface area contributed by atoms with Crippen LogP contribution in [0.25, 0.3) is 11.0 Å². The molecule has 0 bridgehead atoms. The number of imidazole rings is 1. The summed E-state index contributed by atoms with van der Waals surface area (Å²) >= 11 is 6.20. The molecule has 3 atom stereocenters. The lowest BCUT2D eigenvalue weighted by atomic mass is 9.73. The third kappa shape index (κ3) is 5.31. The number of carbonyl (C=O) groups excluding carboxylic acids is 2. The predicted octanol–water partition coefficient (Wildman–Crippen LogP) is 3.79. The molecule has 0 saturated heterocycles. The summed E-state index contributed by atoms with van der Waals surface area (Å²) in [6, 6.07) is 2.44. The van der Waals surface area contributed by atoms with E-state index < -0.39 is 103 Å². The standard InChI is InChI=1S/C26H13B2ClF8N4O5/c27-25(37,45)26(28,46)41-15-7-14(38-20(42)8-3-9(24(34,35)36)5-11(31)4-8)16-17(19(15)40(22(32)33)23(41)44)21(43)39-18(16)12-6-10(30)1-2-13(12)29/h1-7,18,22,45-46H,(H,38,42)(H,39,43). The first-order valence-electron chi connectivity index (χ1n) is 12.4. The molecule has 9 nitrogen and oxygen atoms in total. The van der Waals surface area contributed by atoms with Gasteiger partial charge in [0.1, 0.15) is 17.3 Å². The Hall–Kier alpha value is -4.35. The van der Waals surface area contributed by atoms with Gasteiger partial charge in [-0.25, -0.2) is 22.5 Å². The lowest BCUT2D eigenvalue weighted by Crippen LogP contribution is -2.57. The first kappa shape index (κ1) is 33.0. The molecule has 1 aliphatic heterocycles. The molecule has 4 N–H and O–H groups in total. The van der Waals surface area contributed by atoms with Gasteiger partial charge in [0, 0.05) is 27.4 Å². The number of benzene rings is 3. The lowest BCUT2D eigenvalue weighted by Gasteiger charge is -2.34. The predicted molar refractivity (Wildman–Crippen MR) is 145 cm³/mol. The Balaban J connectivity index is 1.87. The van der Waals surface area contributed by atoms with Crippen LogP contribution in [0.1, 0.15) is 50.0 Å². The fourth-order valence-electron chi connectivity index (χ4n) is 5.02. The molecule has 236 valence electrons. The lowest BCUT2D eigenvalue weighted by molar-refractivity contribution is -0.168. The van der Waals surface area contributed by atoms with E-state index in [4.69, 9.17) is 27.3 Å². The minimum Gasteiger partial charge on any atom is -0.375 e. The maximum atomic E-state index is 14.5. The van der Waals surface area contributed by atoms with Crippen molar-refractivity contribution in [3.05, 3.63) is 97.4 Å². The monoisotopic (exact) mass is 670 g/mol. The van der Waals surface area contributed by atoms with Gasteiger partial charge in [-0.15, -0.1) is 0 Å². The highest BCUT2D eigenvalue weighted by Gasteiger charge is 2.47. The summed E-state index contributed by atoms with van der Waals surface area (Å²) in [6.07, 6.45) is -5.11. The maximum absolute atomic E-state index is 14.5. The second-order valence-electron chi connectivity index (χ2n) is 10.00. The van der Waals surface area contributed by atoms with Crippen LogP contribution in [0.2, 0.25) is 5.02 Å². The Morgan fingerprint density at radius 1 is 1.00 bits per heavy atom. The van der Waals surface area contributed by atoms with Crippen molar-refractivity contribution < 1.29 is 54.9 Å².